The van der Waals surface area contributed by atoms with Crippen LogP contribution < -0.4 is 0 Å². The van der Waals surface area contributed by atoms with Crippen LogP contribution in [-0.4, -0.2) is 27.9 Å². The van der Waals surface area contributed by atoms with Gasteiger partial charge in [-0.15, -0.1) is 0 Å². The van der Waals surface area contributed by atoms with E-state index in [-0.39, 0.29) is 0 Å². The highest BCUT2D eigenvalue weighted by atomic mass is 16.5. The smallest absolute Gasteiger partial charge is 0.141 e. The summed E-state index contributed by atoms with van der Waals surface area (Å²) in [7, 11) is 1.83. The molecule has 2 heterocycles. The molecule has 0 spiro atoms. The minimum Gasteiger partial charge on any atom is -0.381 e. The third-order valence-corrected chi connectivity index (χ3v) is 7.04. The van der Waals surface area contributed by atoms with Crippen LogP contribution in [0.2, 0.25) is 0 Å². The van der Waals surface area contributed by atoms with E-state index in [0.717, 1.165) is 66.0 Å². The number of methoxy groups -OCH3 is 1. The molecule has 0 radical (unpaired) electrons. The lowest BCUT2D eigenvalue weighted by Gasteiger charge is -2.30. The van der Waals surface area contributed by atoms with Gasteiger partial charge in [0.2, 0.25) is 0 Å². The number of ether oxygens (including phenoxy) is 1. The number of aromatic nitrogens is 3. The Hall–Kier alpha value is -2.92. The van der Waals surface area contributed by atoms with E-state index >= 15 is 0 Å². The molecule has 0 saturated heterocycles. The fraction of sp³-hybridized carbons (Fsp3) is 0.407. The highest BCUT2D eigenvalue weighted by Gasteiger charge is 2.26. The van der Waals surface area contributed by atoms with Gasteiger partial charge in [-0.1, -0.05) is 35.5 Å². The Morgan fingerprint density at radius 1 is 1.03 bits per heavy atom. The lowest BCUT2D eigenvalue weighted by molar-refractivity contribution is 0.0586. The van der Waals surface area contributed by atoms with Gasteiger partial charge in [-0.05, 0) is 75.3 Å². The van der Waals surface area contributed by atoms with Crippen LogP contribution in [0.4, 0.5) is 0 Å². The first kappa shape index (κ1) is 21.0. The molecule has 0 bridgehead atoms. The molecule has 5 heteroatoms. The summed E-state index contributed by atoms with van der Waals surface area (Å²) in [5.41, 5.74) is 8.00. The van der Waals surface area contributed by atoms with E-state index in [1.165, 1.54) is 16.6 Å². The summed E-state index contributed by atoms with van der Waals surface area (Å²) < 4.78 is 13.5. The average Bonchev–Trinajstić information content (AvgIpc) is 3.33. The van der Waals surface area contributed by atoms with Crippen LogP contribution in [0.1, 0.15) is 60.1 Å². The van der Waals surface area contributed by atoms with Crippen molar-refractivity contribution in [2.24, 2.45) is 0 Å². The molecule has 2 aromatic carbocycles. The van der Waals surface area contributed by atoms with Gasteiger partial charge in [0, 0.05) is 25.1 Å². The number of rotatable bonds is 5. The van der Waals surface area contributed by atoms with Crippen LogP contribution in [0.15, 0.2) is 47.0 Å². The van der Waals surface area contributed by atoms with E-state index in [9.17, 15) is 0 Å². The number of imidazole rings is 1. The molecule has 2 aromatic heterocycles. The molecule has 0 atom stereocenters. The van der Waals surface area contributed by atoms with Gasteiger partial charge in [0.25, 0.3) is 0 Å². The molecule has 32 heavy (non-hydrogen) atoms. The van der Waals surface area contributed by atoms with Crippen LogP contribution in [0.25, 0.3) is 22.2 Å². The number of benzene rings is 2. The zero-order valence-electron chi connectivity index (χ0n) is 19.4. The van der Waals surface area contributed by atoms with Gasteiger partial charge < -0.3 is 13.8 Å². The van der Waals surface area contributed by atoms with Crippen LogP contribution in [0.5, 0.6) is 0 Å². The van der Waals surface area contributed by atoms with E-state index in [1.807, 2.05) is 21.0 Å². The SMILES string of the molecule is COC1CCC(n2c(Cc3ccccc3C)nc3cc(-c4c(C)noc4C)ccc32)CC1. The normalized spacial score (nSPS) is 19.0. The third kappa shape index (κ3) is 3.75. The van der Waals surface area contributed by atoms with Gasteiger partial charge in [0.1, 0.15) is 11.6 Å². The summed E-state index contributed by atoms with van der Waals surface area (Å²) in [6.07, 6.45) is 5.66. The molecular weight excluding hydrogens is 398 g/mol. The summed E-state index contributed by atoms with van der Waals surface area (Å²) in [5, 5.41) is 4.14. The van der Waals surface area contributed by atoms with E-state index in [0.29, 0.717) is 12.1 Å². The molecule has 0 amide bonds. The minimum absolute atomic E-state index is 0.381. The van der Waals surface area contributed by atoms with Crippen LogP contribution in [-0.2, 0) is 11.2 Å². The molecule has 5 rings (SSSR count). The second-order valence-corrected chi connectivity index (χ2v) is 9.07. The molecule has 0 unspecified atom stereocenters. The summed E-state index contributed by atoms with van der Waals surface area (Å²) in [5.74, 6) is 1.99. The number of aryl methyl sites for hydroxylation is 3. The molecule has 0 aliphatic heterocycles. The summed E-state index contributed by atoms with van der Waals surface area (Å²) in [6, 6.07) is 15.7. The van der Waals surface area contributed by atoms with Crippen molar-refractivity contribution in [3.63, 3.8) is 0 Å². The molecule has 1 fully saturated rings. The zero-order chi connectivity index (χ0) is 22.2. The topological polar surface area (TPSA) is 53.1 Å². The first-order chi connectivity index (χ1) is 15.5. The van der Waals surface area contributed by atoms with Crippen molar-refractivity contribution in [3.05, 3.63) is 70.9 Å². The monoisotopic (exact) mass is 429 g/mol. The van der Waals surface area contributed by atoms with E-state index in [2.05, 4.69) is 59.1 Å². The summed E-state index contributed by atoms with van der Waals surface area (Å²) >= 11 is 0. The number of hydrogen-bond acceptors (Lipinski definition) is 4. The molecule has 1 saturated carbocycles. The lowest BCUT2D eigenvalue weighted by Crippen LogP contribution is -2.23. The maximum Gasteiger partial charge on any atom is 0.141 e. The largest absolute Gasteiger partial charge is 0.381 e. The minimum atomic E-state index is 0.381. The van der Waals surface area contributed by atoms with Crippen molar-refractivity contribution in [2.75, 3.05) is 7.11 Å². The molecule has 166 valence electrons. The molecule has 4 aromatic rings. The Balaban J connectivity index is 1.60. The summed E-state index contributed by atoms with van der Waals surface area (Å²) in [4.78, 5) is 5.17. The molecule has 1 aliphatic rings. The standard InChI is InChI=1S/C27H31N3O2/c1-17-7-5-6-8-20(17)16-26-28-24-15-21(27-18(2)29-32-19(27)3)9-14-25(24)30(26)22-10-12-23(31-4)13-11-22/h5-9,14-15,22-23H,10-13,16H2,1-4H3. The number of nitrogens with zero attached hydrogens (tertiary/aromatic N) is 3. The molecule has 0 N–H and O–H groups in total. The maximum atomic E-state index is 5.63. The number of fused-ring (bicyclic) bond motifs is 1. The van der Waals surface area contributed by atoms with Crippen molar-refractivity contribution in [3.8, 4) is 11.1 Å². The van der Waals surface area contributed by atoms with Crippen molar-refractivity contribution < 1.29 is 9.26 Å². The fourth-order valence-corrected chi connectivity index (χ4v) is 5.25. The van der Waals surface area contributed by atoms with Crippen molar-refractivity contribution in [1.82, 2.24) is 14.7 Å². The Morgan fingerprint density at radius 2 is 1.81 bits per heavy atom. The lowest BCUT2D eigenvalue weighted by atomic mass is 9.92. The van der Waals surface area contributed by atoms with Gasteiger partial charge in [0.05, 0.1) is 22.8 Å². The third-order valence-electron chi connectivity index (χ3n) is 7.04. The molecule has 5 nitrogen and oxygen atoms in total. The molecular formula is C27H31N3O2. The molecule has 1 aliphatic carbocycles. The zero-order valence-corrected chi connectivity index (χ0v) is 19.4. The van der Waals surface area contributed by atoms with Crippen LogP contribution in [0.3, 0.4) is 0 Å². The Kier molecular flexibility index (Phi) is 5.60. The van der Waals surface area contributed by atoms with E-state index in [1.54, 1.807) is 0 Å². The van der Waals surface area contributed by atoms with Crippen LogP contribution >= 0.6 is 0 Å². The fourth-order valence-electron chi connectivity index (χ4n) is 5.25. The Labute approximate surface area is 189 Å². The first-order valence-electron chi connectivity index (χ1n) is 11.6. The van der Waals surface area contributed by atoms with Crippen molar-refractivity contribution in [1.29, 1.82) is 0 Å². The highest BCUT2D eigenvalue weighted by molar-refractivity contribution is 5.84. The van der Waals surface area contributed by atoms with Crippen molar-refractivity contribution in [2.45, 2.75) is 65.0 Å². The van der Waals surface area contributed by atoms with Gasteiger partial charge in [0.15, 0.2) is 0 Å². The first-order valence-corrected chi connectivity index (χ1v) is 11.6. The average molecular weight is 430 g/mol. The second kappa shape index (κ2) is 8.55. The Morgan fingerprint density at radius 3 is 2.50 bits per heavy atom. The van der Waals surface area contributed by atoms with Gasteiger partial charge in [-0.25, -0.2) is 4.98 Å². The number of hydrogen-bond donors (Lipinski definition) is 0. The van der Waals surface area contributed by atoms with E-state index in [4.69, 9.17) is 14.2 Å². The highest BCUT2D eigenvalue weighted by Crippen LogP contribution is 2.36. The quantitative estimate of drug-likeness (QED) is 0.372. The summed E-state index contributed by atoms with van der Waals surface area (Å²) in [6.45, 7) is 6.14. The predicted octanol–water partition coefficient (Wildman–Crippen LogP) is 6.34. The van der Waals surface area contributed by atoms with Gasteiger partial charge >= 0.3 is 0 Å². The second-order valence-electron chi connectivity index (χ2n) is 9.07. The van der Waals surface area contributed by atoms with Gasteiger partial charge in [-0.3, -0.25) is 0 Å². The van der Waals surface area contributed by atoms with E-state index < -0.39 is 0 Å². The predicted molar refractivity (Wildman–Crippen MR) is 127 cm³/mol. The van der Waals surface area contributed by atoms with Crippen molar-refractivity contribution >= 4 is 11.0 Å². The Bertz CT molecular complexity index is 1230. The van der Waals surface area contributed by atoms with Gasteiger partial charge in [-0.2, -0.15) is 0 Å². The maximum absolute atomic E-state index is 5.63. The van der Waals surface area contributed by atoms with Crippen LogP contribution in [0, 0.1) is 20.8 Å².